The van der Waals surface area contributed by atoms with Crippen LogP contribution in [0.3, 0.4) is 0 Å². The molecule has 31 heavy (non-hydrogen) atoms. The fourth-order valence-corrected chi connectivity index (χ4v) is 5.58. The summed E-state index contributed by atoms with van der Waals surface area (Å²) in [7, 11) is -0.464. The van der Waals surface area contributed by atoms with Gasteiger partial charge in [0.1, 0.15) is 0 Å². The molecule has 176 valence electrons. The van der Waals surface area contributed by atoms with Crippen molar-refractivity contribution in [1.82, 2.24) is 9.21 Å². The lowest BCUT2D eigenvalue weighted by Crippen LogP contribution is -2.48. The van der Waals surface area contributed by atoms with Gasteiger partial charge in [-0.05, 0) is 37.8 Å². The molecule has 1 N–H and O–H groups in total. The van der Waals surface area contributed by atoms with Gasteiger partial charge in [-0.15, -0.1) is 0 Å². The highest BCUT2D eigenvalue weighted by Gasteiger charge is 2.33. The second-order valence-electron chi connectivity index (χ2n) is 8.28. The van der Waals surface area contributed by atoms with Crippen LogP contribution in [0.5, 0.6) is 0 Å². The highest BCUT2D eigenvalue weighted by atomic mass is 32.2. The molecule has 1 aliphatic rings. The molecule has 9 heteroatoms. The maximum Gasteiger partial charge on any atom is 0.243 e. The first-order chi connectivity index (χ1) is 14.7. The molecule has 2 rings (SSSR count). The second kappa shape index (κ2) is 11.9. The van der Waals surface area contributed by atoms with Crippen LogP contribution < -0.4 is 0 Å². The second-order valence-corrected chi connectivity index (χ2v) is 10.2. The van der Waals surface area contributed by atoms with Crippen LogP contribution >= 0.6 is 0 Å². The van der Waals surface area contributed by atoms with Gasteiger partial charge in [0.2, 0.25) is 15.9 Å². The van der Waals surface area contributed by atoms with Crippen LogP contribution in [0.2, 0.25) is 0 Å². The Bertz CT molecular complexity index is 782. The van der Waals surface area contributed by atoms with Gasteiger partial charge in [0.25, 0.3) is 0 Å². The molecule has 0 saturated carbocycles. The Morgan fingerprint density at radius 1 is 1.19 bits per heavy atom. The fraction of sp³-hybridized carbons (Fsp3) is 0.682. The van der Waals surface area contributed by atoms with Gasteiger partial charge < -0.3 is 19.5 Å². The number of methoxy groups -OCH3 is 1. The number of benzene rings is 1. The van der Waals surface area contributed by atoms with Gasteiger partial charge in [-0.1, -0.05) is 25.1 Å². The third kappa shape index (κ3) is 6.73. The van der Waals surface area contributed by atoms with E-state index in [4.69, 9.17) is 9.47 Å². The molecule has 1 saturated heterocycles. The number of rotatable bonds is 11. The van der Waals surface area contributed by atoms with Gasteiger partial charge in [-0.25, -0.2) is 8.42 Å². The summed E-state index contributed by atoms with van der Waals surface area (Å²) in [6.07, 6.45) is 1.08. The van der Waals surface area contributed by atoms with Gasteiger partial charge >= 0.3 is 0 Å². The van der Waals surface area contributed by atoms with E-state index >= 15 is 0 Å². The molecule has 1 aliphatic heterocycles. The van der Waals surface area contributed by atoms with E-state index in [0.29, 0.717) is 32.6 Å². The summed E-state index contributed by atoms with van der Waals surface area (Å²) in [6, 6.07) is 7.61. The minimum atomic E-state index is -3.79. The first kappa shape index (κ1) is 25.7. The molecule has 1 fully saturated rings. The number of likely N-dealkylation sites (N-methyl/N-ethyl adjacent to an activating group) is 1. The van der Waals surface area contributed by atoms with E-state index in [0.717, 1.165) is 0 Å². The topological polar surface area (TPSA) is 96.4 Å². The number of aliphatic hydroxyl groups excluding tert-OH is 1. The number of sulfonamides is 1. The highest BCUT2D eigenvalue weighted by Crippen LogP contribution is 2.23. The Labute approximate surface area is 186 Å². The Morgan fingerprint density at radius 2 is 1.81 bits per heavy atom. The molecule has 1 aromatic rings. The number of ether oxygens (including phenoxy) is 2. The van der Waals surface area contributed by atoms with Crippen LogP contribution in [0.25, 0.3) is 0 Å². The molecule has 0 spiro atoms. The predicted molar refractivity (Wildman–Crippen MR) is 118 cm³/mol. The van der Waals surface area contributed by atoms with Crippen molar-refractivity contribution in [2.45, 2.75) is 43.7 Å². The van der Waals surface area contributed by atoms with Gasteiger partial charge in [0, 0.05) is 52.4 Å². The Morgan fingerprint density at radius 3 is 2.35 bits per heavy atom. The monoisotopic (exact) mass is 456 g/mol. The lowest BCUT2D eigenvalue weighted by Gasteiger charge is -2.34. The number of hydrogen-bond donors (Lipinski definition) is 1. The van der Waals surface area contributed by atoms with Gasteiger partial charge in [0.15, 0.2) is 0 Å². The van der Waals surface area contributed by atoms with E-state index in [2.05, 4.69) is 0 Å². The number of carbonyl (C=O) groups is 1. The number of nitrogens with zero attached hydrogens (tertiary/aromatic N) is 2. The standard InChI is InChI=1S/C22H36N2O6S/c1-17(21(29-4)15-23(3)22(26)19-10-12-30-13-11-19)14-24(18(2)16-25)31(27,28)20-8-6-5-7-9-20/h5-9,17-19,21,25H,10-16H2,1-4H3/t17-,18+,21+/m0/s1. The quantitative estimate of drug-likeness (QED) is 0.543. The third-order valence-corrected chi connectivity index (χ3v) is 7.91. The number of aliphatic hydroxyl groups is 1. The maximum absolute atomic E-state index is 13.2. The summed E-state index contributed by atoms with van der Waals surface area (Å²) in [5.41, 5.74) is 0. The van der Waals surface area contributed by atoms with Crippen molar-refractivity contribution in [3.63, 3.8) is 0 Å². The summed E-state index contributed by atoms with van der Waals surface area (Å²) in [6.45, 7) is 5.00. The summed E-state index contributed by atoms with van der Waals surface area (Å²) in [5, 5.41) is 9.69. The lowest BCUT2D eigenvalue weighted by atomic mass is 9.98. The van der Waals surface area contributed by atoms with E-state index in [9.17, 15) is 18.3 Å². The summed E-state index contributed by atoms with van der Waals surface area (Å²) in [5.74, 6) is -0.187. The average molecular weight is 457 g/mol. The lowest BCUT2D eigenvalue weighted by molar-refractivity contribution is -0.139. The first-order valence-corrected chi connectivity index (χ1v) is 12.2. The molecule has 3 atom stereocenters. The van der Waals surface area contributed by atoms with E-state index in [-0.39, 0.29) is 41.9 Å². The minimum Gasteiger partial charge on any atom is -0.395 e. The van der Waals surface area contributed by atoms with Crippen LogP contribution in [0.1, 0.15) is 26.7 Å². The van der Waals surface area contributed by atoms with Crippen molar-refractivity contribution in [3.05, 3.63) is 30.3 Å². The molecular weight excluding hydrogens is 420 g/mol. The Hall–Kier alpha value is -1.52. The number of amides is 1. The van der Waals surface area contributed by atoms with Crippen molar-refractivity contribution in [2.75, 3.05) is 47.1 Å². The SMILES string of the molecule is CO[C@H](CN(C)C(=O)C1CCOCC1)[C@@H](C)CN([C@H](C)CO)S(=O)(=O)c1ccccc1. The van der Waals surface area contributed by atoms with Crippen molar-refractivity contribution in [2.24, 2.45) is 11.8 Å². The molecular formula is C22H36N2O6S. The molecule has 1 heterocycles. The fourth-order valence-electron chi connectivity index (χ4n) is 3.84. The average Bonchev–Trinajstić information content (AvgIpc) is 2.80. The van der Waals surface area contributed by atoms with Crippen LogP contribution in [-0.4, -0.2) is 87.9 Å². The van der Waals surface area contributed by atoms with E-state index in [1.807, 2.05) is 6.92 Å². The molecule has 0 radical (unpaired) electrons. The van der Waals surface area contributed by atoms with Crippen LogP contribution in [-0.2, 0) is 24.3 Å². The molecule has 1 aromatic carbocycles. The first-order valence-electron chi connectivity index (χ1n) is 10.8. The molecule has 0 bridgehead atoms. The molecule has 1 amide bonds. The van der Waals surface area contributed by atoms with E-state index < -0.39 is 16.1 Å². The zero-order valence-electron chi connectivity index (χ0n) is 18.9. The molecule has 0 aromatic heterocycles. The van der Waals surface area contributed by atoms with Crippen molar-refractivity contribution >= 4 is 15.9 Å². The zero-order valence-corrected chi connectivity index (χ0v) is 19.8. The summed E-state index contributed by atoms with van der Waals surface area (Å²) in [4.78, 5) is 14.6. The van der Waals surface area contributed by atoms with Crippen LogP contribution in [0, 0.1) is 11.8 Å². The molecule has 0 aliphatic carbocycles. The normalized spacial score (nSPS) is 18.5. The predicted octanol–water partition coefficient (Wildman–Crippen LogP) is 1.59. The smallest absolute Gasteiger partial charge is 0.243 e. The van der Waals surface area contributed by atoms with Gasteiger partial charge in [-0.2, -0.15) is 4.31 Å². The molecule has 8 nitrogen and oxygen atoms in total. The zero-order chi connectivity index (χ0) is 23.0. The minimum absolute atomic E-state index is 0.0454. The van der Waals surface area contributed by atoms with Crippen molar-refractivity contribution in [1.29, 1.82) is 0 Å². The largest absolute Gasteiger partial charge is 0.395 e. The van der Waals surface area contributed by atoms with Gasteiger partial charge in [0.05, 0.1) is 17.6 Å². The third-order valence-electron chi connectivity index (χ3n) is 5.91. The Kier molecular flexibility index (Phi) is 9.90. The van der Waals surface area contributed by atoms with Crippen molar-refractivity contribution < 1.29 is 27.8 Å². The van der Waals surface area contributed by atoms with Gasteiger partial charge in [-0.3, -0.25) is 4.79 Å². The number of carbonyl (C=O) groups excluding carboxylic acids is 1. The van der Waals surface area contributed by atoms with Crippen molar-refractivity contribution in [3.8, 4) is 0 Å². The van der Waals surface area contributed by atoms with E-state index in [1.54, 1.807) is 56.3 Å². The highest BCUT2D eigenvalue weighted by molar-refractivity contribution is 7.89. The van der Waals surface area contributed by atoms with E-state index in [1.165, 1.54) is 4.31 Å². The summed E-state index contributed by atoms with van der Waals surface area (Å²) >= 11 is 0. The van der Waals surface area contributed by atoms with Crippen LogP contribution in [0.4, 0.5) is 0 Å². The summed E-state index contributed by atoms with van der Waals surface area (Å²) < 4.78 is 38.7. The Balaban J connectivity index is 2.11. The maximum atomic E-state index is 13.2. The number of hydrogen-bond acceptors (Lipinski definition) is 6. The molecule has 0 unspecified atom stereocenters. The van der Waals surface area contributed by atoms with Crippen LogP contribution in [0.15, 0.2) is 35.2 Å².